The Morgan fingerprint density at radius 2 is 2.16 bits per heavy atom. The highest BCUT2D eigenvalue weighted by atomic mass is 79.9. The molecule has 0 aliphatic rings. The number of methoxy groups -OCH3 is 1. The fourth-order valence-corrected chi connectivity index (χ4v) is 2.23. The van der Waals surface area contributed by atoms with E-state index >= 15 is 0 Å². The summed E-state index contributed by atoms with van der Waals surface area (Å²) in [5.74, 6) is -0.232. The summed E-state index contributed by atoms with van der Waals surface area (Å²) in [5, 5.41) is 0. The van der Waals surface area contributed by atoms with Crippen LogP contribution in [0.2, 0.25) is 0 Å². The second kappa shape index (κ2) is 5.44. The van der Waals surface area contributed by atoms with Crippen molar-refractivity contribution in [2.75, 3.05) is 12.8 Å². The van der Waals surface area contributed by atoms with Crippen molar-refractivity contribution in [3.8, 4) is 5.75 Å². The van der Waals surface area contributed by atoms with Crippen LogP contribution in [0.3, 0.4) is 0 Å². The molecule has 6 heteroatoms. The zero-order valence-corrected chi connectivity index (χ0v) is 11.8. The van der Waals surface area contributed by atoms with Crippen LogP contribution in [0.5, 0.6) is 5.75 Å². The van der Waals surface area contributed by atoms with Crippen molar-refractivity contribution >= 4 is 21.6 Å². The number of halogens is 2. The van der Waals surface area contributed by atoms with Gasteiger partial charge in [0, 0.05) is 18.0 Å². The van der Waals surface area contributed by atoms with E-state index in [9.17, 15) is 9.18 Å². The second-order valence-electron chi connectivity index (χ2n) is 4.00. The quantitative estimate of drug-likeness (QED) is 0.942. The van der Waals surface area contributed by atoms with E-state index < -0.39 is 5.82 Å². The molecule has 0 aliphatic carbocycles. The van der Waals surface area contributed by atoms with Crippen LogP contribution in [0.25, 0.3) is 0 Å². The molecule has 2 rings (SSSR count). The minimum atomic E-state index is -0.418. The SMILES string of the molecule is COc1cccc(Cn2cc(N)c(=O)c(Br)c2)c1F. The molecule has 2 aromatic rings. The number of hydrogen-bond donors (Lipinski definition) is 1. The monoisotopic (exact) mass is 326 g/mol. The van der Waals surface area contributed by atoms with Crippen LogP contribution in [0, 0.1) is 5.82 Å². The molecule has 0 unspecified atom stereocenters. The minimum absolute atomic E-state index is 0.109. The van der Waals surface area contributed by atoms with Crippen molar-refractivity contribution in [1.29, 1.82) is 0 Å². The van der Waals surface area contributed by atoms with Gasteiger partial charge in [0.1, 0.15) is 0 Å². The zero-order valence-electron chi connectivity index (χ0n) is 10.2. The van der Waals surface area contributed by atoms with Gasteiger partial charge in [0.2, 0.25) is 5.43 Å². The van der Waals surface area contributed by atoms with E-state index in [4.69, 9.17) is 10.5 Å². The number of benzene rings is 1. The van der Waals surface area contributed by atoms with Gasteiger partial charge in [-0.25, -0.2) is 4.39 Å². The molecular formula is C13H12BrFN2O2. The zero-order chi connectivity index (χ0) is 14.0. The Kier molecular flexibility index (Phi) is 3.90. The molecule has 1 heterocycles. The number of ether oxygens (including phenoxy) is 1. The van der Waals surface area contributed by atoms with E-state index in [2.05, 4.69) is 15.9 Å². The van der Waals surface area contributed by atoms with Gasteiger partial charge in [-0.15, -0.1) is 0 Å². The maximum atomic E-state index is 14.0. The first-order chi connectivity index (χ1) is 9.02. The first kappa shape index (κ1) is 13.6. The predicted molar refractivity (Wildman–Crippen MR) is 74.9 cm³/mol. The first-order valence-electron chi connectivity index (χ1n) is 5.49. The van der Waals surface area contributed by atoms with Gasteiger partial charge in [-0.3, -0.25) is 4.79 Å². The molecule has 4 nitrogen and oxygen atoms in total. The summed E-state index contributed by atoms with van der Waals surface area (Å²) < 4.78 is 20.9. The fourth-order valence-electron chi connectivity index (χ4n) is 1.74. The molecular weight excluding hydrogens is 315 g/mol. The third-order valence-corrected chi connectivity index (χ3v) is 3.24. The lowest BCUT2D eigenvalue weighted by Gasteiger charge is -2.11. The van der Waals surface area contributed by atoms with E-state index in [1.807, 2.05) is 0 Å². The molecule has 1 aromatic heterocycles. The molecule has 0 fully saturated rings. The van der Waals surface area contributed by atoms with E-state index in [0.29, 0.717) is 10.0 Å². The number of aromatic nitrogens is 1. The van der Waals surface area contributed by atoms with Gasteiger partial charge >= 0.3 is 0 Å². The van der Waals surface area contributed by atoms with E-state index in [1.54, 1.807) is 29.0 Å². The summed E-state index contributed by atoms with van der Waals surface area (Å²) in [5.41, 5.74) is 5.87. The maximum absolute atomic E-state index is 14.0. The Balaban J connectivity index is 2.39. The summed E-state index contributed by atoms with van der Waals surface area (Å²) in [6.07, 6.45) is 3.05. The number of nitrogens with zero attached hydrogens (tertiary/aromatic N) is 1. The van der Waals surface area contributed by atoms with Crippen LogP contribution in [-0.4, -0.2) is 11.7 Å². The van der Waals surface area contributed by atoms with Crippen molar-refractivity contribution in [1.82, 2.24) is 4.57 Å². The first-order valence-corrected chi connectivity index (χ1v) is 6.28. The number of rotatable bonds is 3. The van der Waals surface area contributed by atoms with Crippen LogP contribution < -0.4 is 15.9 Å². The number of nitrogen functional groups attached to an aromatic ring is 1. The standard InChI is InChI=1S/C13H12BrFN2O2/c1-19-11-4-2-3-8(12(11)15)5-17-6-9(14)13(18)10(16)7-17/h2-4,6-7H,5,16H2,1H3. The molecule has 1 aromatic carbocycles. The minimum Gasteiger partial charge on any atom is -0.494 e. The molecule has 0 radical (unpaired) electrons. The summed E-state index contributed by atoms with van der Waals surface area (Å²) in [4.78, 5) is 11.5. The highest BCUT2D eigenvalue weighted by Gasteiger charge is 2.09. The highest BCUT2D eigenvalue weighted by Crippen LogP contribution is 2.21. The smallest absolute Gasteiger partial charge is 0.218 e. The van der Waals surface area contributed by atoms with Crippen molar-refractivity contribution in [2.24, 2.45) is 0 Å². The number of nitrogens with two attached hydrogens (primary N) is 1. The van der Waals surface area contributed by atoms with Gasteiger partial charge in [-0.1, -0.05) is 12.1 Å². The summed E-state index contributed by atoms with van der Waals surface area (Å²) in [6, 6.07) is 4.91. The van der Waals surface area contributed by atoms with Crippen LogP contribution in [-0.2, 0) is 6.54 Å². The molecule has 100 valence electrons. The van der Waals surface area contributed by atoms with Gasteiger partial charge in [0.25, 0.3) is 0 Å². The highest BCUT2D eigenvalue weighted by molar-refractivity contribution is 9.10. The molecule has 0 aliphatic heterocycles. The molecule has 0 bridgehead atoms. The average Bonchev–Trinajstić information content (AvgIpc) is 2.38. The van der Waals surface area contributed by atoms with E-state index in [0.717, 1.165) is 0 Å². The second-order valence-corrected chi connectivity index (χ2v) is 4.85. The maximum Gasteiger partial charge on any atom is 0.218 e. The normalized spacial score (nSPS) is 10.5. The third-order valence-electron chi connectivity index (χ3n) is 2.68. The summed E-state index contributed by atoms with van der Waals surface area (Å²) in [6.45, 7) is 0.256. The molecule has 19 heavy (non-hydrogen) atoms. The van der Waals surface area contributed by atoms with Gasteiger partial charge in [0.05, 0.1) is 23.8 Å². The van der Waals surface area contributed by atoms with Gasteiger partial charge in [0.15, 0.2) is 11.6 Å². The lowest BCUT2D eigenvalue weighted by Crippen LogP contribution is -2.14. The van der Waals surface area contributed by atoms with Crippen LogP contribution in [0.1, 0.15) is 5.56 Å². The fraction of sp³-hybridized carbons (Fsp3) is 0.154. The van der Waals surface area contributed by atoms with Crippen molar-refractivity contribution < 1.29 is 9.13 Å². The Morgan fingerprint density at radius 1 is 1.42 bits per heavy atom. The number of pyridine rings is 1. The largest absolute Gasteiger partial charge is 0.494 e. The Bertz CT molecular complexity index is 644. The van der Waals surface area contributed by atoms with Crippen LogP contribution in [0.4, 0.5) is 10.1 Å². The van der Waals surface area contributed by atoms with Gasteiger partial charge in [-0.05, 0) is 22.0 Å². The molecule has 0 saturated heterocycles. The van der Waals surface area contributed by atoms with Crippen molar-refractivity contribution in [3.05, 3.63) is 56.7 Å². The van der Waals surface area contributed by atoms with E-state index in [1.165, 1.54) is 13.3 Å². The molecule has 0 spiro atoms. The number of anilines is 1. The van der Waals surface area contributed by atoms with Crippen molar-refractivity contribution in [3.63, 3.8) is 0 Å². The lowest BCUT2D eigenvalue weighted by atomic mass is 10.2. The average molecular weight is 327 g/mol. The van der Waals surface area contributed by atoms with Crippen LogP contribution in [0.15, 0.2) is 39.9 Å². The summed E-state index contributed by atoms with van der Waals surface area (Å²) >= 11 is 3.13. The van der Waals surface area contributed by atoms with Gasteiger partial charge < -0.3 is 15.0 Å². The van der Waals surface area contributed by atoms with Gasteiger partial charge in [-0.2, -0.15) is 0 Å². The number of hydrogen-bond acceptors (Lipinski definition) is 3. The Labute approximate surface area is 117 Å². The third kappa shape index (κ3) is 2.78. The Hall–Kier alpha value is -1.82. The molecule has 0 saturated carbocycles. The van der Waals surface area contributed by atoms with Crippen molar-refractivity contribution in [2.45, 2.75) is 6.54 Å². The topological polar surface area (TPSA) is 57.2 Å². The lowest BCUT2D eigenvalue weighted by molar-refractivity contribution is 0.383. The molecule has 0 atom stereocenters. The molecule has 0 amide bonds. The Morgan fingerprint density at radius 3 is 2.79 bits per heavy atom. The van der Waals surface area contributed by atoms with E-state index in [-0.39, 0.29) is 23.4 Å². The predicted octanol–water partition coefficient (Wildman–Crippen LogP) is 2.39. The summed E-state index contributed by atoms with van der Waals surface area (Å²) in [7, 11) is 1.41. The molecule has 2 N–H and O–H groups in total. The van der Waals surface area contributed by atoms with Crippen LogP contribution >= 0.6 is 15.9 Å².